The Kier molecular flexibility index (Phi) is 5.65. The summed E-state index contributed by atoms with van der Waals surface area (Å²) in [5.74, 6) is -0.778. The lowest BCUT2D eigenvalue weighted by molar-refractivity contribution is -0.142. The quantitative estimate of drug-likeness (QED) is 0.780. The van der Waals surface area contributed by atoms with E-state index < -0.39 is 18.0 Å². The van der Waals surface area contributed by atoms with E-state index in [1.54, 1.807) is 7.11 Å². The SMILES string of the molecule is CCC(O)CC(Cc1ccccc1OC)C(=O)O. The van der Waals surface area contributed by atoms with Crippen LogP contribution in [0.25, 0.3) is 0 Å². The predicted octanol–water partition coefficient (Wildman–Crippen LogP) is 2.10. The van der Waals surface area contributed by atoms with E-state index in [2.05, 4.69) is 0 Å². The third kappa shape index (κ3) is 4.04. The molecule has 0 saturated carbocycles. The molecule has 0 aromatic heterocycles. The van der Waals surface area contributed by atoms with Gasteiger partial charge in [-0.3, -0.25) is 4.79 Å². The van der Waals surface area contributed by atoms with E-state index in [9.17, 15) is 15.0 Å². The number of ether oxygens (including phenoxy) is 1. The Morgan fingerprint density at radius 2 is 2.06 bits per heavy atom. The van der Waals surface area contributed by atoms with Gasteiger partial charge in [-0.05, 0) is 30.9 Å². The molecule has 2 N–H and O–H groups in total. The van der Waals surface area contributed by atoms with Gasteiger partial charge in [0.1, 0.15) is 5.75 Å². The zero-order chi connectivity index (χ0) is 13.5. The molecule has 0 spiro atoms. The Morgan fingerprint density at radius 3 is 2.61 bits per heavy atom. The molecule has 0 fully saturated rings. The van der Waals surface area contributed by atoms with Crippen molar-refractivity contribution in [1.29, 1.82) is 0 Å². The number of rotatable bonds is 7. The van der Waals surface area contributed by atoms with Crippen LogP contribution in [0.15, 0.2) is 24.3 Å². The molecule has 1 rings (SSSR count). The lowest BCUT2D eigenvalue weighted by Gasteiger charge is -2.17. The maximum atomic E-state index is 11.2. The second-order valence-electron chi connectivity index (χ2n) is 4.35. The summed E-state index contributed by atoms with van der Waals surface area (Å²) in [4.78, 5) is 11.2. The van der Waals surface area contributed by atoms with Gasteiger partial charge in [-0.2, -0.15) is 0 Å². The standard InChI is InChI=1S/C14H20O4/c1-3-12(15)9-11(14(16)17)8-10-6-4-5-7-13(10)18-2/h4-7,11-12,15H,3,8-9H2,1-2H3,(H,16,17). The Bertz CT molecular complexity index is 389. The average Bonchev–Trinajstić information content (AvgIpc) is 2.38. The number of carboxylic acids is 1. The topological polar surface area (TPSA) is 66.8 Å². The molecule has 1 aromatic carbocycles. The van der Waals surface area contributed by atoms with Crippen LogP contribution in [0, 0.1) is 5.92 Å². The first kappa shape index (κ1) is 14.5. The third-order valence-electron chi connectivity index (χ3n) is 3.04. The van der Waals surface area contributed by atoms with Crippen molar-refractivity contribution in [2.24, 2.45) is 5.92 Å². The highest BCUT2D eigenvalue weighted by Crippen LogP contribution is 2.23. The minimum atomic E-state index is -0.881. The molecule has 2 atom stereocenters. The fourth-order valence-corrected chi connectivity index (χ4v) is 1.90. The Morgan fingerprint density at radius 1 is 1.39 bits per heavy atom. The molecule has 100 valence electrons. The molecule has 0 heterocycles. The van der Waals surface area contributed by atoms with Gasteiger partial charge in [0.2, 0.25) is 0 Å². The second-order valence-corrected chi connectivity index (χ2v) is 4.35. The Labute approximate surface area is 107 Å². The molecule has 2 unspecified atom stereocenters. The number of para-hydroxylation sites is 1. The number of aliphatic carboxylic acids is 1. The van der Waals surface area contributed by atoms with E-state index in [-0.39, 0.29) is 6.42 Å². The molecule has 0 amide bonds. The van der Waals surface area contributed by atoms with Gasteiger partial charge in [0.15, 0.2) is 0 Å². The summed E-state index contributed by atoms with van der Waals surface area (Å²) in [6.07, 6.45) is 0.636. The summed E-state index contributed by atoms with van der Waals surface area (Å²) in [6, 6.07) is 7.36. The van der Waals surface area contributed by atoms with Crippen molar-refractivity contribution in [1.82, 2.24) is 0 Å². The van der Waals surface area contributed by atoms with Gasteiger partial charge in [0, 0.05) is 0 Å². The monoisotopic (exact) mass is 252 g/mol. The molecule has 18 heavy (non-hydrogen) atoms. The van der Waals surface area contributed by atoms with E-state index in [4.69, 9.17) is 4.74 Å². The van der Waals surface area contributed by atoms with Crippen LogP contribution in [0.3, 0.4) is 0 Å². The van der Waals surface area contributed by atoms with E-state index in [1.807, 2.05) is 31.2 Å². The summed E-state index contributed by atoms with van der Waals surface area (Å²) in [7, 11) is 1.56. The molecule has 0 aliphatic carbocycles. The fraction of sp³-hybridized carbons (Fsp3) is 0.500. The number of hydrogen-bond acceptors (Lipinski definition) is 3. The van der Waals surface area contributed by atoms with Crippen LogP contribution in [0.1, 0.15) is 25.3 Å². The van der Waals surface area contributed by atoms with Crippen LogP contribution in [0.2, 0.25) is 0 Å². The minimum Gasteiger partial charge on any atom is -0.496 e. The lowest BCUT2D eigenvalue weighted by Crippen LogP contribution is -2.22. The number of hydrogen-bond donors (Lipinski definition) is 2. The number of carboxylic acid groups (broad SMARTS) is 1. The molecule has 0 aliphatic heterocycles. The maximum Gasteiger partial charge on any atom is 0.306 e. The number of aliphatic hydroxyl groups excluding tert-OH is 1. The highest BCUT2D eigenvalue weighted by Gasteiger charge is 2.22. The molecular formula is C14H20O4. The van der Waals surface area contributed by atoms with Gasteiger partial charge in [0.05, 0.1) is 19.1 Å². The van der Waals surface area contributed by atoms with Gasteiger partial charge in [-0.25, -0.2) is 0 Å². The first-order chi connectivity index (χ1) is 8.58. The number of carbonyl (C=O) groups is 1. The van der Waals surface area contributed by atoms with E-state index >= 15 is 0 Å². The number of benzene rings is 1. The molecule has 4 nitrogen and oxygen atoms in total. The van der Waals surface area contributed by atoms with Gasteiger partial charge < -0.3 is 14.9 Å². The van der Waals surface area contributed by atoms with Crippen molar-refractivity contribution < 1.29 is 19.7 Å². The molecule has 1 aromatic rings. The van der Waals surface area contributed by atoms with Crippen molar-refractivity contribution in [3.8, 4) is 5.75 Å². The van der Waals surface area contributed by atoms with Crippen LogP contribution in [0.5, 0.6) is 5.75 Å². The van der Waals surface area contributed by atoms with Crippen molar-refractivity contribution in [3.05, 3.63) is 29.8 Å². The molecular weight excluding hydrogens is 232 g/mol. The van der Waals surface area contributed by atoms with Crippen molar-refractivity contribution in [2.45, 2.75) is 32.3 Å². The normalized spacial score (nSPS) is 13.9. The zero-order valence-electron chi connectivity index (χ0n) is 10.8. The van der Waals surface area contributed by atoms with Crippen molar-refractivity contribution in [2.75, 3.05) is 7.11 Å². The fourth-order valence-electron chi connectivity index (χ4n) is 1.90. The summed E-state index contributed by atoms with van der Waals surface area (Å²) < 4.78 is 5.20. The smallest absolute Gasteiger partial charge is 0.306 e. The van der Waals surface area contributed by atoms with Gasteiger partial charge in [-0.1, -0.05) is 25.1 Å². The van der Waals surface area contributed by atoms with Crippen LogP contribution in [-0.4, -0.2) is 29.4 Å². The summed E-state index contributed by atoms with van der Waals surface area (Å²) in [5.41, 5.74) is 0.857. The average molecular weight is 252 g/mol. The van der Waals surface area contributed by atoms with Gasteiger partial charge in [0.25, 0.3) is 0 Å². The van der Waals surface area contributed by atoms with E-state index in [0.29, 0.717) is 18.6 Å². The Hall–Kier alpha value is -1.55. The first-order valence-electron chi connectivity index (χ1n) is 6.11. The van der Waals surface area contributed by atoms with Gasteiger partial charge in [-0.15, -0.1) is 0 Å². The predicted molar refractivity (Wildman–Crippen MR) is 68.7 cm³/mol. The first-order valence-corrected chi connectivity index (χ1v) is 6.11. The molecule has 4 heteroatoms. The molecule has 0 radical (unpaired) electrons. The molecule has 0 bridgehead atoms. The van der Waals surface area contributed by atoms with Crippen LogP contribution in [0.4, 0.5) is 0 Å². The van der Waals surface area contributed by atoms with E-state index in [1.165, 1.54) is 0 Å². The summed E-state index contributed by atoms with van der Waals surface area (Å²) >= 11 is 0. The third-order valence-corrected chi connectivity index (χ3v) is 3.04. The van der Waals surface area contributed by atoms with E-state index in [0.717, 1.165) is 5.56 Å². The zero-order valence-corrected chi connectivity index (χ0v) is 10.8. The molecule has 0 saturated heterocycles. The lowest BCUT2D eigenvalue weighted by atomic mass is 9.92. The largest absolute Gasteiger partial charge is 0.496 e. The summed E-state index contributed by atoms with van der Waals surface area (Å²) in [6.45, 7) is 1.84. The van der Waals surface area contributed by atoms with Crippen molar-refractivity contribution >= 4 is 5.97 Å². The maximum absolute atomic E-state index is 11.2. The highest BCUT2D eigenvalue weighted by atomic mass is 16.5. The Balaban J connectivity index is 2.80. The van der Waals surface area contributed by atoms with Crippen LogP contribution >= 0.6 is 0 Å². The highest BCUT2D eigenvalue weighted by molar-refractivity contribution is 5.70. The number of methoxy groups -OCH3 is 1. The second kappa shape index (κ2) is 7.01. The molecule has 0 aliphatic rings. The van der Waals surface area contributed by atoms with Gasteiger partial charge >= 0.3 is 5.97 Å². The number of aliphatic hydroxyl groups is 1. The van der Waals surface area contributed by atoms with Crippen molar-refractivity contribution in [3.63, 3.8) is 0 Å². The minimum absolute atomic E-state index is 0.268. The summed E-state index contributed by atoms with van der Waals surface area (Å²) in [5, 5.41) is 18.8. The van der Waals surface area contributed by atoms with Crippen LogP contribution < -0.4 is 4.74 Å². The van der Waals surface area contributed by atoms with Crippen LogP contribution in [-0.2, 0) is 11.2 Å².